The Morgan fingerprint density at radius 2 is 2.18 bits per heavy atom. The quantitative estimate of drug-likeness (QED) is 0.583. The molecule has 0 saturated carbocycles. The minimum Gasteiger partial charge on any atom is -0.434 e. The van der Waals surface area contributed by atoms with Crippen molar-refractivity contribution in [2.24, 2.45) is 0 Å². The maximum Gasteiger partial charge on any atom is 0.387 e. The first-order valence-electron chi connectivity index (χ1n) is 4.81. The summed E-state index contributed by atoms with van der Waals surface area (Å²) in [7, 11) is 0. The summed E-state index contributed by atoms with van der Waals surface area (Å²) in [6.07, 6.45) is 0.300. The highest BCUT2D eigenvalue weighted by Crippen LogP contribution is 2.24. The van der Waals surface area contributed by atoms with E-state index in [0.717, 1.165) is 0 Å². The Balaban J connectivity index is 2.99. The standard InChI is InChI=1S/C11H10BrClF2O2/c12-4-3-9(16)7-1-2-8(6-13)10(5-7)17-11(14)15/h1-2,5,11H,3-4,6H2. The topological polar surface area (TPSA) is 26.3 Å². The molecule has 0 spiro atoms. The number of ether oxygens (including phenoxy) is 1. The Bertz CT molecular complexity index is 399. The van der Waals surface area contributed by atoms with Crippen molar-refractivity contribution in [2.45, 2.75) is 18.9 Å². The second-order valence-electron chi connectivity index (χ2n) is 3.20. The number of carbonyl (C=O) groups is 1. The number of rotatable bonds is 6. The van der Waals surface area contributed by atoms with Crippen LogP contribution in [0, 0.1) is 0 Å². The molecule has 1 rings (SSSR count). The lowest BCUT2D eigenvalue weighted by atomic mass is 10.1. The van der Waals surface area contributed by atoms with Gasteiger partial charge in [-0.1, -0.05) is 28.1 Å². The van der Waals surface area contributed by atoms with Gasteiger partial charge in [0.25, 0.3) is 0 Å². The number of halogens is 4. The summed E-state index contributed by atoms with van der Waals surface area (Å²) in [6, 6.07) is 4.38. The lowest BCUT2D eigenvalue weighted by Gasteiger charge is -2.10. The molecule has 94 valence electrons. The molecule has 0 unspecified atom stereocenters. The molecular formula is C11H10BrClF2O2. The summed E-state index contributed by atoms with van der Waals surface area (Å²) in [4.78, 5) is 11.6. The van der Waals surface area contributed by atoms with E-state index in [4.69, 9.17) is 11.6 Å². The third-order valence-electron chi connectivity index (χ3n) is 2.07. The molecule has 0 radical (unpaired) electrons. The Kier molecular flexibility index (Phi) is 5.85. The summed E-state index contributed by atoms with van der Waals surface area (Å²) < 4.78 is 28.6. The normalized spacial score (nSPS) is 10.6. The molecule has 0 saturated heterocycles. The summed E-state index contributed by atoms with van der Waals surface area (Å²) in [5, 5.41) is 0.522. The van der Waals surface area contributed by atoms with Crippen LogP contribution in [0.3, 0.4) is 0 Å². The van der Waals surface area contributed by atoms with Gasteiger partial charge in [0.1, 0.15) is 5.75 Å². The zero-order chi connectivity index (χ0) is 12.8. The van der Waals surface area contributed by atoms with Crippen LogP contribution >= 0.6 is 27.5 Å². The number of carbonyl (C=O) groups excluding carboxylic acids is 1. The van der Waals surface area contributed by atoms with E-state index < -0.39 is 6.61 Å². The first-order chi connectivity index (χ1) is 8.08. The van der Waals surface area contributed by atoms with E-state index in [1.807, 2.05) is 0 Å². The molecule has 1 aromatic carbocycles. The fraction of sp³-hybridized carbons (Fsp3) is 0.364. The van der Waals surface area contributed by atoms with E-state index in [9.17, 15) is 13.6 Å². The van der Waals surface area contributed by atoms with Crippen molar-refractivity contribution in [3.63, 3.8) is 0 Å². The van der Waals surface area contributed by atoms with Gasteiger partial charge in [-0.3, -0.25) is 4.79 Å². The highest BCUT2D eigenvalue weighted by atomic mass is 79.9. The lowest BCUT2D eigenvalue weighted by molar-refractivity contribution is -0.0503. The molecule has 0 heterocycles. The molecule has 0 atom stereocenters. The average molecular weight is 328 g/mol. The van der Waals surface area contributed by atoms with Gasteiger partial charge in [0.15, 0.2) is 5.78 Å². The summed E-state index contributed by atoms with van der Waals surface area (Å²) in [6.45, 7) is -2.93. The predicted octanol–water partition coefficient (Wildman–Crippen LogP) is 3.99. The van der Waals surface area contributed by atoms with E-state index in [1.165, 1.54) is 12.1 Å². The maximum atomic E-state index is 12.2. The fourth-order valence-electron chi connectivity index (χ4n) is 1.27. The zero-order valence-corrected chi connectivity index (χ0v) is 11.1. The van der Waals surface area contributed by atoms with Gasteiger partial charge in [0, 0.05) is 22.9 Å². The molecule has 0 amide bonds. The van der Waals surface area contributed by atoms with Crippen molar-refractivity contribution in [1.29, 1.82) is 0 Å². The molecule has 1 aromatic rings. The summed E-state index contributed by atoms with van der Waals surface area (Å²) >= 11 is 8.73. The molecule has 0 bridgehead atoms. The monoisotopic (exact) mass is 326 g/mol. The number of hydrogen-bond donors (Lipinski definition) is 0. The van der Waals surface area contributed by atoms with Gasteiger partial charge < -0.3 is 4.74 Å². The van der Waals surface area contributed by atoms with Crippen LogP contribution in [-0.4, -0.2) is 17.7 Å². The first kappa shape index (κ1) is 14.4. The van der Waals surface area contributed by atoms with Crippen LogP contribution in [0.1, 0.15) is 22.3 Å². The van der Waals surface area contributed by atoms with Gasteiger partial charge in [0.2, 0.25) is 0 Å². The first-order valence-corrected chi connectivity index (χ1v) is 6.47. The van der Waals surface area contributed by atoms with Crippen LogP contribution in [0.4, 0.5) is 8.78 Å². The lowest BCUT2D eigenvalue weighted by Crippen LogP contribution is -2.06. The molecule has 17 heavy (non-hydrogen) atoms. The Morgan fingerprint density at radius 3 is 2.71 bits per heavy atom. The molecule has 0 N–H and O–H groups in total. The van der Waals surface area contributed by atoms with Gasteiger partial charge in [-0.2, -0.15) is 8.78 Å². The van der Waals surface area contributed by atoms with Crippen LogP contribution in [0.5, 0.6) is 5.75 Å². The average Bonchev–Trinajstić information content (AvgIpc) is 2.28. The second-order valence-corrected chi connectivity index (χ2v) is 4.26. The number of Topliss-reactive ketones (excluding diaryl/α,β-unsaturated/α-hetero) is 1. The van der Waals surface area contributed by atoms with Gasteiger partial charge in [-0.15, -0.1) is 11.6 Å². The molecule has 0 aliphatic rings. The Hall–Kier alpha value is -0.680. The van der Waals surface area contributed by atoms with Gasteiger partial charge >= 0.3 is 6.61 Å². The molecular weight excluding hydrogens is 317 g/mol. The number of ketones is 1. The van der Waals surface area contributed by atoms with Crippen LogP contribution in [0.25, 0.3) is 0 Å². The van der Waals surface area contributed by atoms with Crippen LogP contribution < -0.4 is 4.74 Å². The summed E-state index contributed by atoms with van der Waals surface area (Å²) in [5.74, 6) is -0.132. The molecule has 2 nitrogen and oxygen atoms in total. The molecule has 0 fully saturated rings. The SMILES string of the molecule is O=C(CCBr)c1ccc(CCl)c(OC(F)F)c1. The third kappa shape index (κ3) is 4.24. The van der Waals surface area contributed by atoms with Gasteiger partial charge in [-0.05, 0) is 6.07 Å². The van der Waals surface area contributed by atoms with Crippen molar-refractivity contribution in [1.82, 2.24) is 0 Å². The van der Waals surface area contributed by atoms with E-state index in [2.05, 4.69) is 20.7 Å². The van der Waals surface area contributed by atoms with E-state index in [-0.39, 0.29) is 17.4 Å². The fourth-order valence-corrected chi connectivity index (χ4v) is 1.86. The van der Waals surface area contributed by atoms with Gasteiger partial charge in [0.05, 0.1) is 5.88 Å². The van der Waals surface area contributed by atoms with Crippen molar-refractivity contribution < 1.29 is 18.3 Å². The number of alkyl halides is 4. The minimum atomic E-state index is -2.93. The summed E-state index contributed by atoms with van der Waals surface area (Å²) in [5.41, 5.74) is 0.774. The van der Waals surface area contributed by atoms with Crippen molar-refractivity contribution in [3.05, 3.63) is 29.3 Å². The van der Waals surface area contributed by atoms with Crippen molar-refractivity contribution in [3.8, 4) is 5.75 Å². The van der Waals surface area contributed by atoms with E-state index >= 15 is 0 Å². The Morgan fingerprint density at radius 1 is 1.47 bits per heavy atom. The molecule has 6 heteroatoms. The maximum absolute atomic E-state index is 12.2. The second kappa shape index (κ2) is 6.91. The Labute approximate surface area is 111 Å². The highest BCUT2D eigenvalue weighted by Gasteiger charge is 2.13. The van der Waals surface area contributed by atoms with Crippen LogP contribution in [0.2, 0.25) is 0 Å². The van der Waals surface area contributed by atoms with Crippen LogP contribution in [-0.2, 0) is 5.88 Å². The predicted molar refractivity (Wildman–Crippen MR) is 65.4 cm³/mol. The number of hydrogen-bond acceptors (Lipinski definition) is 2. The molecule has 0 aromatic heterocycles. The van der Waals surface area contributed by atoms with Crippen molar-refractivity contribution >= 4 is 33.3 Å². The highest BCUT2D eigenvalue weighted by molar-refractivity contribution is 9.09. The van der Waals surface area contributed by atoms with Gasteiger partial charge in [-0.25, -0.2) is 0 Å². The molecule has 0 aliphatic heterocycles. The van der Waals surface area contributed by atoms with Crippen LogP contribution in [0.15, 0.2) is 18.2 Å². The number of benzene rings is 1. The zero-order valence-electron chi connectivity index (χ0n) is 8.76. The molecule has 0 aliphatic carbocycles. The van der Waals surface area contributed by atoms with E-state index in [0.29, 0.717) is 22.9 Å². The smallest absolute Gasteiger partial charge is 0.387 e. The third-order valence-corrected chi connectivity index (χ3v) is 2.76. The largest absolute Gasteiger partial charge is 0.434 e. The van der Waals surface area contributed by atoms with E-state index in [1.54, 1.807) is 6.07 Å². The van der Waals surface area contributed by atoms with Crippen molar-refractivity contribution in [2.75, 3.05) is 5.33 Å². The minimum absolute atomic E-state index is 0.0459.